The number of furan rings is 1. The van der Waals surface area contributed by atoms with Crippen LogP contribution in [0.15, 0.2) is 29.0 Å². The maximum Gasteiger partial charge on any atom is 0.185 e. The van der Waals surface area contributed by atoms with E-state index < -0.39 is 0 Å². The van der Waals surface area contributed by atoms with E-state index in [4.69, 9.17) is 4.42 Å². The molecule has 0 aromatic carbocycles. The van der Waals surface area contributed by atoms with Gasteiger partial charge in [0.1, 0.15) is 5.76 Å². The van der Waals surface area contributed by atoms with Crippen molar-refractivity contribution < 1.29 is 4.42 Å². The normalized spacial score (nSPS) is 16.6. The minimum Gasteiger partial charge on any atom is -0.468 e. The molecule has 1 atom stereocenters. The third kappa shape index (κ3) is 4.18. The number of likely N-dealkylation sites (tertiary alicyclic amines) is 1. The van der Waals surface area contributed by atoms with E-state index in [-0.39, 0.29) is 0 Å². The molecular weight excluding hydrogens is 320 g/mol. The number of hydrogen-bond donors (Lipinski definition) is 1. The zero-order valence-corrected chi connectivity index (χ0v) is 15.5. The van der Waals surface area contributed by atoms with E-state index in [1.165, 1.54) is 30.8 Å². The van der Waals surface area contributed by atoms with Crippen molar-refractivity contribution in [2.45, 2.75) is 39.3 Å². The Hall–Kier alpha value is -1.37. The van der Waals surface area contributed by atoms with E-state index >= 15 is 0 Å². The van der Waals surface area contributed by atoms with Crippen molar-refractivity contribution in [1.82, 2.24) is 15.2 Å². The molecular formula is C18H28N4OS. The molecule has 132 valence electrons. The van der Waals surface area contributed by atoms with Crippen LogP contribution in [0.3, 0.4) is 0 Å². The molecule has 1 N–H and O–H groups in total. The number of rotatable bonds is 9. The van der Waals surface area contributed by atoms with E-state index in [1.807, 2.05) is 12.3 Å². The minimum absolute atomic E-state index is 0.331. The third-order valence-electron chi connectivity index (χ3n) is 4.67. The van der Waals surface area contributed by atoms with E-state index in [1.54, 1.807) is 17.6 Å². The van der Waals surface area contributed by atoms with Crippen LogP contribution >= 0.6 is 11.3 Å². The summed E-state index contributed by atoms with van der Waals surface area (Å²) in [6.45, 7) is 10.5. The van der Waals surface area contributed by atoms with Gasteiger partial charge in [0.05, 0.1) is 12.3 Å². The number of anilines is 1. The van der Waals surface area contributed by atoms with Crippen molar-refractivity contribution in [1.29, 1.82) is 0 Å². The molecule has 0 bridgehead atoms. The van der Waals surface area contributed by atoms with E-state index in [2.05, 4.69) is 40.0 Å². The van der Waals surface area contributed by atoms with Crippen molar-refractivity contribution in [2.75, 3.05) is 37.6 Å². The Morgan fingerprint density at radius 3 is 2.79 bits per heavy atom. The average molecular weight is 349 g/mol. The summed E-state index contributed by atoms with van der Waals surface area (Å²) < 4.78 is 5.68. The van der Waals surface area contributed by atoms with Gasteiger partial charge in [-0.1, -0.05) is 0 Å². The summed E-state index contributed by atoms with van der Waals surface area (Å²) in [7, 11) is 0. The van der Waals surface area contributed by atoms with Crippen LogP contribution in [-0.4, -0.2) is 42.6 Å². The van der Waals surface area contributed by atoms with Gasteiger partial charge in [-0.05, 0) is 51.9 Å². The van der Waals surface area contributed by atoms with Crippen molar-refractivity contribution in [3.63, 3.8) is 0 Å². The zero-order valence-electron chi connectivity index (χ0n) is 14.7. The van der Waals surface area contributed by atoms with Gasteiger partial charge in [0, 0.05) is 37.3 Å². The minimum atomic E-state index is 0.331. The predicted molar refractivity (Wildman–Crippen MR) is 99.6 cm³/mol. The van der Waals surface area contributed by atoms with Gasteiger partial charge >= 0.3 is 0 Å². The average Bonchev–Trinajstić information content (AvgIpc) is 3.35. The molecule has 1 saturated heterocycles. The summed E-state index contributed by atoms with van der Waals surface area (Å²) in [6.07, 6.45) is 6.36. The third-order valence-corrected chi connectivity index (χ3v) is 5.72. The standard InChI is InChI=1S/C18H28N4OS/c1-3-21(4-2)18-20-13-15(24-18)12-19-14-16(17-8-7-11-23-17)22-9-5-6-10-22/h7-8,11,13,16,19H,3-6,9-10,12,14H2,1-2H3. The molecule has 0 saturated carbocycles. The van der Waals surface area contributed by atoms with Crippen molar-refractivity contribution in [2.24, 2.45) is 0 Å². The van der Waals surface area contributed by atoms with Crippen LogP contribution in [0, 0.1) is 0 Å². The lowest BCUT2D eigenvalue weighted by Crippen LogP contribution is -2.33. The van der Waals surface area contributed by atoms with Crippen LogP contribution < -0.4 is 10.2 Å². The van der Waals surface area contributed by atoms with Crippen LogP contribution in [0.2, 0.25) is 0 Å². The summed E-state index contributed by atoms with van der Waals surface area (Å²) in [5, 5.41) is 4.73. The molecule has 3 rings (SSSR count). The summed E-state index contributed by atoms with van der Waals surface area (Å²) in [5.74, 6) is 1.07. The number of thiazole rings is 1. The highest BCUT2D eigenvalue weighted by Gasteiger charge is 2.25. The molecule has 0 spiro atoms. The van der Waals surface area contributed by atoms with Gasteiger partial charge < -0.3 is 14.6 Å². The Kier molecular flexibility index (Phi) is 6.29. The molecule has 0 amide bonds. The molecule has 2 aromatic rings. The Bertz CT molecular complexity index is 588. The van der Waals surface area contributed by atoms with Gasteiger partial charge in [-0.25, -0.2) is 4.98 Å². The molecule has 1 aliphatic heterocycles. The van der Waals surface area contributed by atoms with Crippen molar-refractivity contribution in [3.05, 3.63) is 35.2 Å². The Morgan fingerprint density at radius 2 is 2.12 bits per heavy atom. The zero-order chi connectivity index (χ0) is 16.8. The highest BCUT2D eigenvalue weighted by atomic mass is 32.1. The lowest BCUT2D eigenvalue weighted by atomic mass is 10.2. The van der Waals surface area contributed by atoms with Gasteiger partial charge in [0.15, 0.2) is 5.13 Å². The molecule has 1 fully saturated rings. The highest BCUT2D eigenvalue weighted by molar-refractivity contribution is 7.15. The number of nitrogens with zero attached hydrogens (tertiary/aromatic N) is 3. The van der Waals surface area contributed by atoms with Gasteiger partial charge in [-0.3, -0.25) is 4.90 Å². The summed E-state index contributed by atoms with van der Waals surface area (Å²) >= 11 is 1.79. The Morgan fingerprint density at radius 1 is 1.33 bits per heavy atom. The SMILES string of the molecule is CCN(CC)c1ncc(CNCC(c2ccco2)N2CCCC2)s1. The van der Waals surface area contributed by atoms with Gasteiger partial charge in [0.2, 0.25) is 0 Å². The molecule has 3 heterocycles. The Balaban J connectivity index is 1.55. The van der Waals surface area contributed by atoms with Gasteiger partial charge in [-0.2, -0.15) is 0 Å². The summed E-state index contributed by atoms with van der Waals surface area (Å²) in [6, 6.07) is 4.41. The Labute approximate surface area is 148 Å². The first-order valence-electron chi connectivity index (χ1n) is 8.99. The predicted octanol–water partition coefficient (Wildman–Crippen LogP) is 3.51. The van der Waals surface area contributed by atoms with E-state index in [0.29, 0.717) is 6.04 Å². The molecule has 0 radical (unpaired) electrons. The molecule has 5 nitrogen and oxygen atoms in total. The number of nitrogens with one attached hydrogen (secondary N) is 1. The van der Waals surface area contributed by atoms with Crippen LogP contribution in [0.25, 0.3) is 0 Å². The van der Waals surface area contributed by atoms with Gasteiger partial charge in [-0.15, -0.1) is 11.3 Å². The lowest BCUT2D eigenvalue weighted by molar-refractivity contribution is 0.209. The fourth-order valence-electron chi connectivity index (χ4n) is 3.30. The first-order chi connectivity index (χ1) is 11.8. The largest absolute Gasteiger partial charge is 0.468 e. The molecule has 6 heteroatoms. The van der Waals surface area contributed by atoms with E-state index in [9.17, 15) is 0 Å². The second-order valence-electron chi connectivity index (χ2n) is 6.19. The molecule has 0 aliphatic carbocycles. The molecule has 24 heavy (non-hydrogen) atoms. The van der Waals surface area contributed by atoms with Crippen molar-refractivity contribution in [3.8, 4) is 0 Å². The van der Waals surface area contributed by atoms with Crippen LogP contribution in [0.4, 0.5) is 5.13 Å². The fourth-order valence-corrected chi connectivity index (χ4v) is 4.30. The van der Waals surface area contributed by atoms with Gasteiger partial charge in [0.25, 0.3) is 0 Å². The quantitative estimate of drug-likeness (QED) is 0.751. The summed E-state index contributed by atoms with van der Waals surface area (Å²) in [4.78, 5) is 10.7. The first kappa shape index (κ1) is 17.5. The molecule has 1 aliphatic rings. The van der Waals surface area contributed by atoms with Crippen molar-refractivity contribution >= 4 is 16.5 Å². The molecule has 1 unspecified atom stereocenters. The highest BCUT2D eigenvalue weighted by Crippen LogP contribution is 2.26. The fraction of sp³-hybridized carbons (Fsp3) is 0.611. The lowest BCUT2D eigenvalue weighted by Gasteiger charge is -2.26. The van der Waals surface area contributed by atoms with Crippen LogP contribution in [0.5, 0.6) is 0 Å². The van der Waals surface area contributed by atoms with Crippen LogP contribution in [0.1, 0.15) is 43.4 Å². The summed E-state index contributed by atoms with van der Waals surface area (Å²) in [5.41, 5.74) is 0. The van der Waals surface area contributed by atoms with Crippen LogP contribution in [-0.2, 0) is 6.54 Å². The molecule has 2 aromatic heterocycles. The second kappa shape index (κ2) is 8.65. The second-order valence-corrected chi connectivity index (χ2v) is 7.28. The van der Waals surface area contributed by atoms with E-state index in [0.717, 1.165) is 37.1 Å². The topological polar surface area (TPSA) is 44.5 Å². The maximum absolute atomic E-state index is 5.68. The maximum atomic E-state index is 5.68. The number of aromatic nitrogens is 1. The first-order valence-corrected chi connectivity index (χ1v) is 9.81. The smallest absolute Gasteiger partial charge is 0.185 e. The monoisotopic (exact) mass is 348 g/mol. The number of hydrogen-bond acceptors (Lipinski definition) is 6.